The second-order valence-corrected chi connectivity index (χ2v) is 5.07. The van der Waals surface area contributed by atoms with E-state index < -0.39 is 0 Å². The number of nitrogens with zero attached hydrogens (tertiary/aromatic N) is 1. The number of benzene rings is 1. The largest absolute Gasteiger partial charge is 0.492 e. The maximum absolute atomic E-state index is 11.1. The van der Waals surface area contributed by atoms with Crippen molar-refractivity contribution in [3.05, 3.63) is 29.8 Å². The Hall–Kier alpha value is -2.03. The van der Waals surface area contributed by atoms with Gasteiger partial charge in [-0.05, 0) is 31.2 Å². The summed E-state index contributed by atoms with van der Waals surface area (Å²) in [5.74, 6) is 6.37. The average molecular weight is 287 g/mol. The van der Waals surface area contributed by atoms with Crippen LogP contribution < -0.4 is 16.2 Å². The van der Waals surface area contributed by atoms with Crippen LogP contribution in [0.15, 0.2) is 24.3 Å². The van der Waals surface area contributed by atoms with Crippen LogP contribution in [0.2, 0.25) is 0 Å². The molecular formula is C16H21N3O2. The molecule has 0 bridgehead atoms. The van der Waals surface area contributed by atoms with Gasteiger partial charge in [-0.15, -0.1) is 0 Å². The lowest BCUT2D eigenvalue weighted by Gasteiger charge is -2.15. The van der Waals surface area contributed by atoms with Crippen molar-refractivity contribution in [1.29, 1.82) is 0 Å². The highest BCUT2D eigenvalue weighted by atomic mass is 16.5. The molecule has 1 atom stereocenters. The minimum absolute atomic E-state index is 0.0140. The van der Waals surface area contributed by atoms with Crippen molar-refractivity contribution >= 4 is 5.91 Å². The van der Waals surface area contributed by atoms with Crippen LogP contribution in [-0.2, 0) is 4.79 Å². The first-order chi connectivity index (χ1) is 10.2. The van der Waals surface area contributed by atoms with Crippen LogP contribution in [0.1, 0.15) is 12.0 Å². The molecule has 112 valence electrons. The maximum atomic E-state index is 11.1. The van der Waals surface area contributed by atoms with Gasteiger partial charge in [0.2, 0.25) is 5.91 Å². The SMILES string of the molecule is NCC#Cc1cccc(OCCN2CCC(C(N)=O)C2)c1. The van der Waals surface area contributed by atoms with Gasteiger partial charge in [0.05, 0.1) is 12.5 Å². The molecule has 0 saturated carbocycles. The molecule has 21 heavy (non-hydrogen) atoms. The first kappa shape index (κ1) is 15.4. The van der Waals surface area contributed by atoms with Gasteiger partial charge in [0.25, 0.3) is 0 Å². The molecule has 1 unspecified atom stereocenters. The summed E-state index contributed by atoms with van der Waals surface area (Å²) in [4.78, 5) is 13.3. The highest BCUT2D eigenvalue weighted by Crippen LogP contribution is 2.16. The van der Waals surface area contributed by atoms with Crippen LogP contribution in [0.25, 0.3) is 0 Å². The van der Waals surface area contributed by atoms with E-state index in [0.29, 0.717) is 13.2 Å². The summed E-state index contributed by atoms with van der Waals surface area (Å²) in [5.41, 5.74) is 11.6. The molecule has 1 aromatic carbocycles. The Balaban J connectivity index is 1.77. The molecule has 0 aromatic heterocycles. The monoisotopic (exact) mass is 287 g/mol. The van der Waals surface area contributed by atoms with E-state index >= 15 is 0 Å². The van der Waals surface area contributed by atoms with Crippen LogP contribution in [0, 0.1) is 17.8 Å². The number of amides is 1. The maximum Gasteiger partial charge on any atom is 0.221 e. The van der Waals surface area contributed by atoms with E-state index in [0.717, 1.165) is 37.4 Å². The van der Waals surface area contributed by atoms with E-state index in [1.807, 2.05) is 24.3 Å². The molecule has 1 aliphatic rings. The zero-order valence-electron chi connectivity index (χ0n) is 12.0. The molecule has 4 N–H and O–H groups in total. The second-order valence-electron chi connectivity index (χ2n) is 5.07. The predicted molar refractivity (Wildman–Crippen MR) is 81.6 cm³/mol. The van der Waals surface area contributed by atoms with Gasteiger partial charge < -0.3 is 16.2 Å². The molecule has 0 spiro atoms. The number of nitrogens with two attached hydrogens (primary N) is 2. The lowest BCUT2D eigenvalue weighted by Crippen LogP contribution is -2.30. The molecule has 1 amide bonds. The van der Waals surface area contributed by atoms with E-state index in [4.69, 9.17) is 16.2 Å². The Morgan fingerprint density at radius 2 is 2.33 bits per heavy atom. The lowest BCUT2D eigenvalue weighted by molar-refractivity contribution is -0.121. The number of rotatable bonds is 5. The van der Waals surface area contributed by atoms with E-state index in [-0.39, 0.29) is 11.8 Å². The standard InChI is InChI=1S/C16H21N3O2/c17-7-2-4-13-3-1-5-15(11-13)21-10-9-19-8-6-14(12-19)16(18)20/h1,3,5,11,14H,6-10,12,17H2,(H2,18,20). The van der Waals surface area contributed by atoms with Crippen LogP contribution in [0.5, 0.6) is 5.75 Å². The van der Waals surface area contributed by atoms with Gasteiger partial charge in [-0.25, -0.2) is 0 Å². The van der Waals surface area contributed by atoms with Crippen molar-refractivity contribution in [1.82, 2.24) is 4.90 Å². The van der Waals surface area contributed by atoms with Gasteiger partial charge in [-0.3, -0.25) is 9.69 Å². The van der Waals surface area contributed by atoms with Crippen molar-refractivity contribution in [2.45, 2.75) is 6.42 Å². The highest BCUT2D eigenvalue weighted by molar-refractivity contribution is 5.77. The lowest BCUT2D eigenvalue weighted by atomic mass is 10.1. The summed E-state index contributed by atoms with van der Waals surface area (Å²) in [6.07, 6.45) is 0.847. The number of carbonyl (C=O) groups is 1. The van der Waals surface area contributed by atoms with Crippen molar-refractivity contribution in [2.24, 2.45) is 17.4 Å². The van der Waals surface area contributed by atoms with E-state index in [1.54, 1.807) is 0 Å². The second kappa shape index (κ2) is 7.67. The van der Waals surface area contributed by atoms with Gasteiger partial charge in [-0.1, -0.05) is 17.9 Å². The van der Waals surface area contributed by atoms with Crippen molar-refractivity contribution in [3.8, 4) is 17.6 Å². The normalized spacial score (nSPS) is 18.0. The molecule has 1 saturated heterocycles. The topological polar surface area (TPSA) is 81.6 Å². The van der Waals surface area contributed by atoms with Gasteiger partial charge in [0.1, 0.15) is 12.4 Å². The van der Waals surface area contributed by atoms with Gasteiger partial charge in [0, 0.05) is 18.7 Å². The molecule has 1 fully saturated rings. The predicted octanol–water partition coefficient (Wildman–Crippen LogP) is 0.183. The van der Waals surface area contributed by atoms with E-state index in [9.17, 15) is 4.79 Å². The Morgan fingerprint density at radius 1 is 1.48 bits per heavy atom. The van der Waals surface area contributed by atoms with Crippen LogP contribution in [0.3, 0.4) is 0 Å². The fraction of sp³-hybridized carbons (Fsp3) is 0.438. The summed E-state index contributed by atoms with van der Waals surface area (Å²) in [7, 11) is 0. The van der Waals surface area contributed by atoms with Crippen molar-refractivity contribution < 1.29 is 9.53 Å². The molecule has 1 aromatic rings. The molecular weight excluding hydrogens is 266 g/mol. The zero-order chi connectivity index (χ0) is 15.1. The quantitative estimate of drug-likeness (QED) is 0.757. The van der Waals surface area contributed by atoms with Crippen LogP contribution >= 0.6 is 0 Å². The first-order valence-corrected chi connectivity index (χ1v) is 7.12. The Morgan fingerprint density at radius 3 is 3.05 bits per heavy atom. The average Bonchev–Trinajstić information content (AvgIpc) is 2.95. The smallest absolute Gasteiger partial charge is 0.221 e. The number of hydrogen-bond acceptors (Lipinski definition) is 4. The highest BCUT2D eigenvalue weighted by Gasteiger charge is 2.25. The van der Waals surface area contributed by atoms with E-state index in [2.05, 4.69) is 16.7 Å². The molecule has 5 nitrogen and oxygen atoms in total. The third-order valence-corrected chi connectivity index (χ3v) is 3.52. The summed E-state index contributed by atoms with van der Waals surface area (Å²) in [5, 5.41) is 0. The Labute approximate surface area is 125 Å². The number of hydrogen-bond donors (Lipinski definition) is 2. The van der Waals surface area contributed by atoms with E-state index in [1.165, 1.54) is 0 Å². The minimum Gasteiger partial charge on any atom is -0.492 e. The summed E-state index contributed by atoms with van der Waals surface area (Å²) >= 11 is 0. The molecule has 5 heteroatoms. The summed E-state index contributed by atoms with van der Waals surface area (Å²) in [6, 6.07) is 7.64. The number of likely N-dealkylation sites (tertiary alicyclic amines) is 1. The zero-order valence-corrected chi connectivity index (χ0v) is 12.0. The molecule has 1 heterocycles. The fourth-order valence-electron chi connectivity index (χ4n) is 2.38. The summed E-state index contributed by atoms with van der Waals surface area (Å²) in [6.45, 7) is 3.36. The molecule has 0 radical (unpaired) electrons. The van der Waals surface area contributed by atoms with Crippen molar-refractivity contribution in [3.63, 3.8) is 0 Å². The van der Waals surface area contributed by atoms with Crippen LogP contribution in [-0.4, -0.2) is 43.6 Å². The summed E-state index contributed by atoms with van der Waals surface area (Å²) < 4.78 is 5.73. The Bertz CT molecular complexity index is 548. The number of carbonyl (C=O) groups excluding carboxylic acids is 1. The first-order valence-electron chi connectivity index (χ1n) is 7.12. The Kier molecular flexibility index (Phi) is 5.61. The third-order valence-electron chi connectivity index (χ3n) is 3.52. The van der Waals surface area contributed by atoms with Gasteiger partial charge in [-0.2, -0.15) is 0 Å². The van der Waals surface area contributed by atoms with Gasteiger partial charge >= 0.3 is 0 Å². The fourth-order valence-corrected chi connectivity index (χ4v) is 2.38. The number of primary amides is 1. The third kappa shape index (κ3) is 4.78. The minimum atomic E-state index is -0.204. The number of ether oxygens (including phenoxy) is 1. The molecule has 2 rings (SSSR count). The molecule has 0 aliphatic carbocycles. The van der Waals surface area contributed by atoms with Crippen LogP contribution in [0.4, 0.5) is 0 Å². The van der Waals surface area contributed by atoms with Crippen molar-refractivity contribution in [2.75, 3.05) is 32.8 Å². The molecule has 1 aliphatic heterocycles. The van der Waals surface area contributed by atoms with Gasteiger partial charge in [0.15, 0.2) is 0 Å².